The molecule has 44 heavy (non-hydrogen) atoms. The molecule has 258 valence electrons. The van der Waals surface area contributed by atoms with Gasteiger partial charge in [0.05, 0.1) is 37.0 Å². The lowest BCUT2D eigenvalue weighted by Gasteiger charge is -2.49. The summed E-state index contributed by atoms with van der Waals surface area (Å²) >= 11 is 0. The largest absolute Gasteiger partial charge is 0.394 e. The van der Waals surface area contributed by atoms with E-state index in [1.54, 1.807) is 0 Å². The number of aliphatic hydroxyl groups is 6. The number of hydrogen-bond acceptors (Lipinski definition) is 17. The Kier molecular flexibility index (Phi) is 14.6. The summed E-state index contributed by atoms with van der Waals surface area (Å²) in [5.41, 5.74) is 29.0. The first-order chi connectivity index (χ1) is 20.9. The van der Waals surface area contributed by atoms with E-state index in [9.17, 15) is 39.8 Å². The number of aliphatic hydroxyl groups excluding tert-OH is 6. The number of alkyl halides is 1. The van der Waals surface area contributed by atoms with Crippen LogP contribution in [0.25, 0.3) is 0 Å². The maximum atomic E-state index is 14.0. The van der Waals surface area contributed by atoms with Gasteiger partial charge in [-0.05, 0) is 38.3 Å². The number of nitrogens with one attached hydrogen (secondary N) is 1. The molecule has 0 aromatic heterocycles. The third kappa shape index (κ3) is 8.85. The second kappa shape index (κ2) is 17.2. The van der Waals surface area contributed by atoms with Crippen molar-refractivity contribution in [3.05, 3.63) is 0 Å². The second-order valence-electron chi connectivity index (χ2n) is 11.8. The lowest BCUT2D eigenvalue weighted by molar-refractivity contribution is -0.320. The topological polar surface area (TPSA) is 317 Å². The minimum absolute atomic E-state index is 0.0124. The minimum Gasteiger partial charge on any atom is -0.394 e. The first kappa shape index (κ1) is 37.4. The highest BCUT2D eigenvalue weighted by molar-refractivity contribution is 5.83. The van der Waals surface area contributed by atoms with Crippen LogP contribution in [-0.2, 0) is 23.7 Å². The standard InChI is InChI=1S/C26H51FN6O11/c27-11(7-29)19(37)15(36)5-10-4-12(31)24(44-25-13(33-3-1-2-28)6-14(35)16(8-30)41-25)22(40)23(10)43-26-21(39)18(32)20(38)17(9-34)42-26/h10-14,16-26,33-35,37-40H,1-9,28-32H2/t10-,11?,12-,13+,14-,16+,17+,18-,19?,20+,21+,22+,23-,24+,25+,26+/m0/s1. The number of hydrogen-bond donors (Lipinski definition) is 12. The molecule has 1 aliphatic carbocycles. The van der Waals surface area contributed by atoms with Gasteiger partial charge in [0.15, 0.2) is 18.4 Å². The maximum Gasteiger partial charge on any atom is 0.186 e. The Hall–Kier alpha value is -1.04. The lowest BCUT2D eigenvalue weighted by atomic mass is 9.76. The number of Topliss-reactive ketones (excluding diaryl/α,β-unsaturated/α-hetero) is 1. The number of carbonyl (C=O) groups is 1. The van der Waals surface area contributed by atoms with E-state index in [1.807, 2.05) is 0 Å². The second-order valence-corrected chi connectivity index (χ2v) is 11.8. The normalized spacial score (nSPS) is 43.0. The summed E-state index contributed by atoms with van der Waals surface area (Å²) in [4.78, 5) is 12.8. The Balaban J connectivity index is 1.87. The van der Waals surface area contributed by atoms with Crippen molar-refractivity contribution in [2.75, 3.05) is 32.8 Å². The maximum absolute atomic E-state index is 14.0. The van der Waals surface area contributed by atoms with Crippen molar-refractivity contribution < 1.29 is 58.8 Å². The molecule has 18 heteroatoms. The van der Waals surface area contributed by atoms with Gasteiger partial charge >= 0.3 is 0 Å². The molecule has 3 rings (SSSR count). The number of carbonyl (C=O) groups excluding carboxylic acids is 1. The van der Waals surface area contributed by atoms with E-state index in [1.165, 1.54) is 0 Å². The summed E-state index contributed by atoms with van der Waals surface area (Å²) < 4.78 is 37.7. The molecule has 0 radical (unpaired) electrons. The van der Waals surface area contributed by atoms with E-state index >= 15 is 0 Å². The molecule has 3 fully saturated rings. The van der Waals surface area contributed by atoms with Crippen molar-refractivity contribution in [3.63, 3.8) is 0 Å². The molecule has 1 saturated carbocycles. The average Bonchev–Trinajstić information content (AvgIpc) is 3.00. The van der Waals surface area contributed by atoms with Crippen LogP contribution in [0.2, 0.25) is 0 Å². The van der Waals surface area contributed by atoms with Crippen LogP contribution in [0.4, 0.5) is 4.39 Å². The summed E-state index contributed by atoms with van der Waals surface area (Å²) in [6, 6.07) is -2.77. The molecule has 0 bridgehead atoms. The number of nitrogens with two attached hydrogens (primary N) is 5. The van der Waals surface area contributed by atoms with Crippen LogP contribution in [0.15, 0.2) is 0 Å². The van der Waals surface area contributed by atoms with E-state index in [-0.39, 0.29) is 19.4 Å². The third-order valence-electron chi connectivity index (χ3n) is 8.60. The van der Waals surface area contributed by atoms with E-state index < -0.39 is 123 Å². The fourth-order valence-electron chi connectivity index (χ4n) is 5.95. The van der Waals surface area contributed by atoms with Gasteiger partial charge < -0.3 is 83.6 Å². The van der Waals surface area contributed by atoms with Gasteiger partial charge in [-0.2, -0.15) is 0 Å². The summed E-state index contributed by atoms with van der Waals surface area (Å²) in [5, 5.41) is 66.0. The Morgan fingerprint density at radius 3 is 2.23 bits per heavy atom. The van der Waals surface area contributed by atoms with Gasteiger partial charge in [0.1, 0.15) is 42.8 Å². The number of halogens is 1. The monoisotopic (exact) mass is 642 g/mol. The smallest absolute Gasteiger partial charge is 0.186 e. The highest BCUT2D eigenvalue weighted by atomic mass is 19.1. The van der Waals surface area contributed by atoms with E-state index in [0.717, 1.165) is 0 Å². The Morgan fingerprint density at radius 1 is 0.955 bits per heavy atom. The van der Waals surface area contributed by atoms with E-state index in [0.29, 0.717) is 19.5 Å². The SMILES string of the molecule is NCCCN[C@@H]1C[C@H](O)[C@@H](CN)O[C@@H]1O[C@H]1[C@H](O)[C@@H](O[C@H]2O[C@H](CO)[C@@H](O)[C@H](N)[C@H]2O)[C@H](CC(=O)C(O)C(F)CN)C[C@@H]1N. The van der Waals surface area contributed by atoms with Crippen molar-refractivity contribution in [2.45, 2.75) is 117 Å². The van der Waals surface area contributed by atoms with Gasteiger partial charge in [-0.25, -0.2) is 4.39 Å². The van der Waals surface area contributed by atoms with Crippen LogP contribution >= 0.6 is 0 Å². The zero-order valence-electron chi connectivity index (χ0n) is 24.6. The summed E-state index contributed by atoms with van der Waals surface area (Å²) in [7, 11) is 0. The summed E-state index contributed by atoms with van der Waals surface area (Å²) in [6.45, 7) is -0.374. The highest BCUT2D eigenvalue weighted by Crippen LogP contribution is 2.36. The predicted molar refractivity (Wildman–Crippen MR) is 151 cm³/mol. The first-order valence-electron chi connectivity index (χ1n) is 15.0. The van der Waals surface area contributed by atoms with Crippen LogP contribution in [0, 0.1) is 5.92 Å². The Bertz CT molecular complexity index is 886. The molecule has 0 spiro atoms. The van der Waals surface area contributed by atoms with Crippen molar-refractivity contribution in [3.8, 4) is 0 Å². The molecule has 17 N–H and O–H groups in total. The van der Waals surface area contributed by atoms with Crippen LogP contribution in [-0.4, -0.2) is 161 Å². The third-order valence-corrected chi connectivity index (χ3v) is 8.60. The minimum atomic E-state index is -2.03. The van der Waals surface area contributed by atoms with Gasteiger partial charge in [0.25, 0.3) is 0 Å². The molecule has 2 aliphatic heterocycles. The molecule has 0 aromatic carbocycles. The fraction of sp³-hybridized carbons (Fsp3) is 0.962. The Labute approximate surface area is 255 Å². The molecule has 3 aliphatic rings. The van der Waals surface area contributed by atoms with E-state index in [4.69, 9.17) is 47.6 Å². The average molecular weight is 643 g/mol. The molecule has 0 amide bonds. The van der Waals surface area contributed by atoms with E-state index in [2.05, 4.69) is 5.32 Å². The van der Waals surface area contributed by atoms with Gasteiger partial charge in [0, 0.05) is 25.6 Å². The first-order valence-corrected chi connectivity index (χ1v) is 15.0. The quantitative estimate of drug-likeness (QED) is 0.0739. The van der Waals surface area contributed by atoms with Crippen LogP contribution in [0.5, 0.6) is 0 Å². The zero-order chi connectivity index (χ0) is 32.7. The van der Waals surface area contributed by atoms with Gasteiger partial charge in [-0.1, -0.05) is 0 Å². The number of ketones is 1. The lowest BCUT2D eigenvalue weighted by Crippen LogP contribution is -2.66. The van der Waals surface area contributed by atoms with Crippen LogP contribution in [0.1, 0.15) is 25.7 Å². The summed E-state index contributed by atoms with van der Waals surface area (Å²) in [5.74, 6) is -1.85. The van der Waals surface area contributed by atoms with Crippen molar-refractivity contribution in [2.24, 2.45) is 34.6 Å². The van der Waals surface area contributed by atoms with Gasteiger partial charge in [-0.15, -0.1) is 0 Å². The molecule has 17 nitrogen and oxygen atoms in total. The van der Waals surface area contributed by atoms with Crippen molar-refractivity contribution in [1.29, 1.82) is 0 Å². The summed E-state index contributed by atoms with van der Waals surface area (Å²) in [6.07, 6.45) is -16.5. The van der Waals surface area contributed by atoms with Crippen molar-refractivity contribution >= 4 is 5.78 Å². The number of rotatable bonds is 15. The van der Waals surface area contributed by atoms with Crippen LogP contribution < -0.4 is 34.0 Å². The van der Waals surface area contributed by atoms with Gasteiger partial charge in [-0.3, -0.25) is 4.79 Å². The Morgan fingerprint density at radius 2 is 1.61 bits per heavy atom. The molecular weight excluding hydrogens is 591 g/mol. The predicted octanol–water partition coefficient (Wildman–Crippen LogP) is -6.41. The zero-order valence-corrected chi connectivity index (χ0v) is 24.6. The van der Waals surface area contributed by atoms with Crippen LogP contribution in [0.3, 0.4) is 0 Å². The highest BCUT2D eigenvalue weighted by Gasteiger charge is 2.51. The molecule has 2 heterocycles. The van der Waals surface area contributed by atoms with Crippen molar-refractivity contribution in [1.82, 2.24) is 5.32 Å². The molecule has 2 saturated heterocycles. The molecule has 16 atom stereocenters. The fourth-order valence-corrected chi connectivity index (χ4v) is 5.95. The number of ether oxygens (including phenoxy) is 4. The molecular formula is C26H51FN6O11. The molecule has 0 aromatic rings. The molecule has 2 unspecified atom stereocenters. The van der Waals surface area contributed by atoms with Gasteiger partial charge in [0.2, 0.25) is 0 Å².